The summed E-state index contributed by atoms with van der Waals surface area (Å²) >= 11 is 0. The van der Waals surface area contributed by atoms with E-state index in [-0.39, 0.29) is 24.0 Å². The molecule has 0 spiro atoms. The quantitative estimate of drug-likeness (QED) is 0.264. The number of nitrogens with one attached hydrogen (secondary N) is 2. The largest absolute Gasteiger partial charge is 0.444 e. The summed E-state index contributed by atoms with van der Waals surface area (Å²) in [4.78, 5) is 11.1. The van der Waals surface area contributed by atoms with Crippen molar-refractivity contribution in [2.75, 3.05) is 20.6 Å². The summed E-state index contributed by atoms with van der Waals surface area (Å²) in [6.45, 7) is 5.40. The normalized spacial score (nSPS) is 11.3. The Morgan fingerprint density at radius 3 is 2.50 bits per heavy atom. The van der Waals surface area contributed by atoms with E-state index in [0.717, 1.165) is 30.3 Å². The van der Waals surface area contributed by atoms with Gasteiger partial charge in [0.1, 0.15) is 6.26 Å². The van der Waals surface area contributed by atoms with E-state index in [2.05, 4.69) is 63.7 Å². The van der Waals surface area contributed by atoms with Crippen molar-refractivity contribution in [1.82, 2.24) is 20.5 Å². The van der Waals surface area contributed by atoms with Crippen molar-refractivity contribution >= 4 is 29.9 Å². The van der Waals surface area contributed by atoms with Gasteiger partial charge in [-0.3, -0.25) is 4.99 Å². The van der Waals surface area contributed by atoms with Crippen LogP contribution in [0.15, 0.2) is 70.3 Å². The van der Waals surface area contributed by atoms with Crippen LogP contribution in [0.3, 0.4) is 0 Å². The Hall–Kier alpha value is -2.39. The molecule has 0 saturated carbocycles. The van der Waals surface area contributed by atoms with Crippen LogP contribution in [0.2, 0.25) is 0 Å². The van der Waals surface area contributed by atoms with Gasteiger partial charge < -0.3 is 20.0 Å². The highest BCUT2D eigenvalue weighted by molar-refractivity contribution is 14.0. The first-order valence-corrected chi connectivity index (χ1v) is 9.88. The smallest absolute Gasteiger partial charge is 0.226 e. The third-order valence-corrected chi connectivity index (χ3v) is 4.68. The van der Waals surface area contributed by atoms with Crippen molar-refractivity contribution in [1.29, 1.82) is 0 Å². The number of rotatable bonds is 8. The fraction of sp³-hybridized carbons (Fsp3) is 0.304. The average Bonchev–Trinajstić information content (AvgIpc) is 3.24. The number of aromatic nitrogens is 1. The number of guanidine groups is 1. The van der Waals surface area contributed by atoms with Crippen LogP contribution in [0, 0.1) is 0 Å². The van der Waals surface area contributed by atoms with E-state index in [1.54, 1.807) is 13.3 Å². The minimum absolute atomic E-state index is 0. The first kappa shape index (κ1) is 23.9. The van der Waals surface area contributed by atoms with Gasteiger partial charge in [-0.2, -0.15) is 0 Å². The predicted molar refractivity (Wildman–Crippen MR) is 133 cm³/mol. The zero-order valence-electron chi connectivity index (χ0n) is 17.8. The summed E-state index contributed by atoms with van der Waals surface area (Å²) in [5.74, 6) is 1.35. The molecule has 0 atom stereocenters. The molecule has 0 aliphatic carbocycles. The summed E-state index contributed by atoms with van der Waals surface area (Å²) < 4.78 is 5.58. The van der Waals surface area contributed by atoms with Gasteiger partial charge in [-0.1, -0.05) is 49.4 Å². The van der Waals surface area contributed by atoms with Gasteiger partial charge in [0.25, 0.3) is 0 Å². The first-order chi connectivity index (χ1) is 14.2. The van der Waals surface area contributed by atoms with Crippen molar-refractivity contribution in [2.45, 2.75) is 26.6 Å². The fourth-order valence-corrected chi connectivity index (χ4v) is 2.94. The van der Waals surface area contributed by atoms with Gasteiger partial charge in [-0.25, -0.2) is 4.98 Å². The third kappa shape index (κ3) is 7.14. The van der Waals surface area contributed by atoms with E-state index in [1.807, 2.05) is 30.3 Å². The molecule has 0 unspecified atom stereocenters. The van der Waals surface area contributed by atoms with Gasteiger partial charge in [0.15, 0.2) is 5.96 Å². The topological polar surface area (TPSA) is 65.7 Å². The number of oxazole rings is 1. The molecule has 0 bridgehead atoms. The van der Waals surface area contributed by atoms with Crippen LogP contribution in [0.4, 0.5) is 0 Å². The lowest BCUT2D eigenvalue weighted by Crippen LogP contribution is -2.36. The van der Waals surface area contributed by atoms with Crippen molar-refractivity contribution in [3.05, 3.63) is 77.7 Å². The van der Waals surface area contributed by atoms with Gasteiger partial charge >= 0.3 is 0 Å². The SMILES string of the molecule is CCN(C)Cc1cccc(CNC(=NC)NCc2coc(-c3ccccc3)n2)c1.I. The Labute approximate surface area is 195 Å². The molecule has 7 heteroatoms. The number of halogens is 1. The van der Waals surface area contributed by atoms with E-state index in [4.69, 9.17) is 4.42 Å². The number of nitrogens with zero attached hydrogens (tertiary/aromatic N) is 3. The van der Waals surface area contributed by atoms with Crippen molar-refractivity contribution in [3.63, 3.8) is 0 Å². The highest BCUT2D eigenvalue weighted by Crippen LogP contribution is 2.17. The maximum Gasteiger partial charge on any atom is 0.226 e. The minimum atomic E-state index is 0. The maximum atomic E-state index is 5.58. The monoisotopic (exact) mass is 519 g/mol. The number of aliphatic imine (C=N–C) groups is 1. The molecule has 1 aromatic heterocycles. The van der Waals surface area contributed by atoms with Gasteiger partial charge in [-0.05, 0) is 36.9 Å². The van der Waals surface area contributed by atoms with Crippen LogP contribution in [0.1, 0.15) is 23.7 Å². The molecule has 0 fully saturated rings. The molecule has 30 heavy (non-hydrogen) atoms. The van der Waals surface area contributed by atoms with E-state index in [9.17, 15) is 0 Å². The molecule has 1 heterocycles. The Balaban J connectivity index is 0.00000320. The lowest BCUT2D eigenvalue weighted by Gasteiger charge is -2.15. The Morgan fingerprint density at radius 2 is 1.77 bits per heavy atom. The highest BCUT2D eigenvalue weighted by Gasteiger charge is 2.07. The molecular formula is C23H30IN5O. The van der Waals surface area contributed by atoms with E-state index in [1.165, 1.54) is 11.1 Å². The number of hydrogen-bond donors (Lipinski definition) is 2. The molecule has 0 amide bonds. The van der Waals surface area contributed by atoms with Crippen LogP contribution in [0.25, 0.3) is 11.5 Å². The van der Waals surface area contributed by atoms with Crippen LogP contribution in [0.5, 0.6) is 0 Å². The standard InChI is InChI=1S/C23H29N5O.HI/c1-4-28(3)16-19-10-8-9-18(13-19)14-25-23(24-2)26-15-21-17-29-22(27-21)20-11-6-5-7-12-20;/h5-13,17H,4,14-16H2,1-3H3,(H2,24,25,26);1H. The van der Waals surface area contributed by atoms with E-state index < -0.39 is 0 Å². The van der Waals surface area contributed by atoms with Crippen LogP contribution in [-0.4, -0.2) is 36.5 Å². The second-order valence-electron chi connectivity index (χ2n) is 6.94. The summed E-state index contributed by atoms with van der Waals surface area (Å²) in [5, 5.41) is 6.64. The number of hydrogen-bond acceptors (Lipinski definition) is 4. The van der Waals surface area contributed by atoms with E-state index in [0.29, 0.717) is 19.0 Å². The highest BCUT2D eigenvalue weighted by atomic mass is 127. The molecule has 0 aliphatic heterocycles. The Bertz CT molecular complexity index is 926. The molecular weight excluding hydrogens is 489 g/mol. The van der Waals surface area contributed by atoms with Gasteiger partial charge in [0, 0.05) is 25.7 Å². The van der Waals surface area contributed by atoms with Crippen molar-refractivity contribution in [2.24, 2.45) is 4.99 Å². The molecule has 160 valence electrons. The molecule has 0 saturated heterocycles. The molecule has 3 rings (SSSR count). The van der Waals surface area contributed by atoms with E-state index >= 15 is 0 Å². The summed E-state index contributed by atoms with van der Waals surface area (Å²) in [7, 11) is 3.89. The summed E-state index contributed by atoms with van der Waals surface area (Å²) in [6.07, 6.45) is 1.68. The Kier molecular flexibility index (Phi) is 9.82. The summed E-state index contributed by atoms with van der Waals surface area (Å²) in [6, 6.07) is 18.5. The van der Waals surface area contributed by atoms with Gasteiger partial charge in [0.05, 0.1) is 12.2 Å². The number of benzene rings is 2. The zero-order valence-corrected chi connectivity index (χ0v) is 20.1. The second-order valence-corrected chi connectivity index (χ2v) is 6.94. The van der Waals surface area contributed by atoms with Crippen LogP contribution in [-0.2, 0) is 19.6 Å². The second kappa shape index (κ2) is 12.3. The lowest BCUT2D eigenvalue weighted by atomic mass is 10.1. The third-order valence-electron chi connectivity index (χ3n) is 4.68. The van der Waals surface area contributed by atoms with Crippen LogP contribution >= 0.6 is 24.0 Å². The lowest BCUT2D eigenvalue weighted by molar-refractivity contribution is 0.345. The first-order valence-electron chi connectivity index (χ1n) is 9.88. The molecule has 0 aliphatic rings. The molecule has 0 radical (unpaired) electrons. The predicted octanol–water partition coefficient (Wildman–Crippen LogP) is 4.28. The van der Waals surface area contributed by atoms with Gasteiger partial charge in [-0.15, -0.1) is 24.0 Å². The zero-order chi connectivity index (χ0) is 20.5. The molecule has 3 aromatic rings. The molecule has 2 N–H and O–H groups in total. The summed E-state index contributed by atoms with van der Waals surface area (Å²) in [5.41, 5.74) is 4.33. The average molecular weight is 519 g/mol. The van der Waals surface area contributed by atoms with Crippen molar-refractivity contribution < 1.29 is 4.42 Å². The van der Waals surface area contributed by atoms with Crippen molar-refractivity contribution in [3.8, 4) is 11.5 Å². The maximum absolute atomic E-state index is 5.58. The van der Waals surface area contributed by atoms with Crippen LogP contribution < -0.4 is 10.6 Å². The minimum Gasteiger partial charge on any atom is -0.444 e. The Morgan fingerprint density at radius 1 is 1.03 bits per heavy atom. The molecule has 2 aromatic carbocycles. The fourth-order valence-electron chi connectivity index (χ4n) is 2.94. The molecule has 6 nitrogen and oxygen atoms in total. The van der Waals surface area contributed by atoms with Gasteiger partial charge in [0.2, 0.25) is 5.89 Å².